The third kappa shape index (κ3) is 5.12. The first kappa shape index (κ1) is 26.5. The van der Waals surface area contributed by atoms with E-state index in [0.717, 1.165) is 32.1 Å². The van der Waals surface area contributed by atoms with Crippen LogP contribution in [-0.4, -0.2) is 72.2 Å². The quantitative estimate of drug-likeness (QED) is 0.469. The number of carbonyl (C=O) groups is 3. The number of anilines is 1. The van der Waals surface area contributed by atoms with Crippen LogP contribution >= 0.6 is 0 Å². The van der Waals surface area contributed by atoms with Crippen LogP contribution in [-0.2, 0) is 14.3 Å². The number of carbonyl (C=O) groups excluding carboxylic acids is 3. The zero-order valence-corrected chi connectivity index (χ0v) is 22.6. The molecule has 6 rings (SSSR count). The lowest BCUT2D eigenvalue weighted by atomic mass is 9.52. The smallest absolute Gasteiger partial charge is 0.405 e. The summed E-state index contributed by atoms with van der Waals surface area (Å²) < 4.78 is 12.9. The summed E-state index contributed by atoms with van der Waals surface area (Å²) in [5.74, 6) is 1.48. The van der Waals surface area contributed by atoms with Gasteiger partial charge < -0.3 is 30.7 Å². The zero-order valence-electron chi connectivity index (χ0n) is 22.6. The van der Waals surface area contributed by atoms with E-state index in [-0.39, 0.29) is 29.7 Å². The van der Waals surface area contributed by atoms with Gasteiger partial charge in [-0.15, -0.1) is 0 Å². The highest BCUT2D eigenvalue weighted by atomic mass is 16.6. The van der Waals surface area contributed by atoms with Gasteiger partial charge in [0.05, 0.1) is 24.8 Å². The molecule has 4 N–H and O–H groups in total. The molecule has 1 aromatic rings. The molecule has 2 unspecified atom stereocenters. The first-order valence-corrected chi connectivity index (χ1v) is 13.8. The van der Waals surface area contributed by atoms with Gasteiger partial charge in [0.1, 0.15) is 17.0 Å². The summed E-state index contributed by atoms with van der Waals surface area (Å²) in [4.78, 5) is 39.9. The molecule has 0 aromatic carbocycles. The highest BCUT2D eigenvalue weighted by Gasteiger charge is 2.57. The summed E-state index contributed by atoms with van der Waals surface area (Å²) in [7, 11) is 0. The van der Waals surface area contributed by atoms with Gasteiger partial charge in [0.25, 0.3) is 5.91 Å². The summed E-state index contributed by atoms with van der Waals surface area (Å²) in [6.07, 6.45) is 8.88. The van der Waals surface area contributed by atoms with E-state index in [9.17, 15) is 14.4 Å². The van der Waals surface area contributed by atoms with Crippen molar-refractivity contribution in [1.29, 1.82) is 0 Å². The lowest BCUT2D eigenvalue weighted by Gasteiger charge is -2.58. The number of morpholine rings is 1. The molecule has 0 spiro atoms. The number of nitrogens with two attached hydrogens (primary N) is 1. The van der Waals surface area contributed by atoms with Crippen molar-refractivity contribution in [2.75, 3.05) is 37.7 Å². The Labute approximate surface area is 223 Å². The summed E-state index contributed by atoms with van der Waals surface area (Å²) in [6, 6.07) is 0.0248. The molecule has 1 aromatic heterocycles. The summed E-state index contributed by atoms with van der Waals surface area (Å²) in [5.41, 5.74) is 4.68. The Bertz CT molecular complexity index is 1090. The number of nitrogens with one attached hydrogen (secondary N) is 2. The maximum Gasteiger partial charge on any atom is 0.405 e. The van der Waals surface area contributed by atoms with Gasteiger partial charge >= 0.3 is 6.09 Å². The predicted octanol–water partition coefficient (Wildman–Crippen LogP) is 2.13. The van der Waals surface area contributed by atoms with Gasteiger partial charge in [0.15, 0.2) is 0 Å². The predicted molar refractivity (Wildman–Crippen MR) is 141 cm³/mol. The lowest BCUT2D eigenvalue weighted by Crippen LogP contribution is -2.63. The topological polar surface area (TPSA) is 141 Å². The molecule has 2 atom stereocenters. The fraction of sp³-hybridized carbons (Fsp3) is 0.704. The molecular formula is C27H40N6O5. The van der Waals surface area contributed by atoms with Gasteiger partial charge in [0, 0.05) is 31.9 Å². The van der Waals surface area contributed by atoms with E-state index in [1.54, 1.807) is 17.1 Å². The number of amides is 3. The number of nitrogens with zero attached hydrogens (tertiary/aromatic N) is 3. The molecule has 5 aliphatic rings. The van der Waals surface area contributed by atoms with Crippen molar-refractivity contribution in [2.24, 2.45) is 28.9 Å². The molecule has 1 saturated heterocycles. The van der Waals surface area contributed by atoms with Crippen LogP contribution in [0.1, 0.15) is 63.2 Å². The van der Waals surface area contributed by atoms with Gasteiger partial charge in [-0.05, 0) is 70.6 Å². The standard InChI is InChI=1S/C27H40N6O5/c1-4-29-24(35)26(2,3)5-6-33-23(32-7-9-37-10-8-32)20(16-30-33)22(34)31-21-18-11-17-12-19(21)15-27(13-17,14-18)38-25(28)36/h5-6,16-19,21H,4,7-15H2,1-3H3,(H2,28,36)(H,29,35)(H,31,34)/b6-5+. The molecule has 1 aliphatic heterocycles. The number of hydrogen-bond acceptors (Lipinski definition) is 7. The number of primary amides is 1. The fourth-order valence-corrected chi connectivity index (χ4v) is 7.19. The van der Waals surface area contributed by atoms with Gasteiger partial charge in [-0.25, -0.2) is 9.48 Å². The first-order valence-electron chi connectivity index (χ1n) is 13.8. The maximum atomic E-state index is 13.7. The Morgan fingerprint density at radius 1 is 1.21 bits per heavy atom. The van der Waals surface area contributed by atoms with E-state index in [2.05, 4.69) is 20.6 Å². The van der Waals surface area contributed by atoms with Crippen molar-refractivity contribution in [1.82, 2.24) is 20.4 Å². The van der Waals surface area contributed by atoms with Crippen molar-refractivity contribution >= 4 is 29.9 Å². The molecule has 2 heterocycles. The monoisotopic (exact) mass is 528 g/mol. The van der Waals surface area contributed by atoms with Gasteiger partial charge in [-0.2, -0.15) is 5.10 Å². The van der Waals surface area contributed by atoms with Crippen molar-refractivity contribution < 1.29 is 23.9 Å². The molecule has 4 saturated carbocycles. The van der Waals surface area contributed by atoms with E-state index in [1.165, 1.54) is 0 Å². The van der Waals surface area contributed by atoms with E-state index in [4.69, 9.17) is 15.2 Å². The molecule has 208 valence electrons. The van der Waals surface area contributed by atoms with E-state index < -0.39 is 17.1 Å². The molecule has 5 fully saturated rings. The summed E-state index contributed by atoms with van der Waals surface area (Å²) in [5, 5.41) is 10.7. The minimum absolute atomic E-state index is 0.0248. The number of aromatic nitrogens is 2. The number of ether oxygens (including phenoxy) is 2. The SMILES string of the molecule is CCNC(=O)C(C)(C)/C=C/n1ncc(C(=O)NC2C3CC4CC2CC(OC(N)=O)(C4)C3)c1N1CCOCC1. The third-order valence-corrected chi connectivity index (χ3v) is 8.71. The molecule has 38 heavy (non-hydrogen) atoms. The Morgan fingerprint density at radius 2 is 1.89 bits per heavy atom. The van der Waals surface area contributed by atoms with Crippen LogP contribution in [0.3, 0.4) is 0 Å². The Balaban J connectivity index is 1.37. The fourth-order valence-electron chi connectivity index (χ4n) is 7.19. The van der Waals surface area contributed by atoms with Crippen molar-refractivity contribution in [2.45, 2.75) is 64.5 Å². The van der Waals surface area contributed by atoms with Crippen LogP contribution in [0.4, 0.5) is 10.6 Å². The molecule has 4 aliphatic carbocycles. The second kappa shape index (κ2) is 10.2. The van der Waals surface area contributed by atoms with Crippen LogP contribution in [0.2, 0.25) is 0 Å². The highest BCUT2D eigenvalue weighted by Crippen LogP contribution is 2.57. The van der Waals surface area contributed by atoms with E-state index in [1.807, 2.05) is 26.8 Å². The van der Waals surface area contributed by atoms with Crippen LogP contribution in [0, 0.1) is 23.2 Å². The Morgan fingerprint density at radius 3 is 2.53 bits per heavy atom. The maximum absolute atomic E-state index is 13.7. The van der Waals surface area contributed by atoms with Crippen LogP contribution in [0.15, 0.2) is 12.3 Å². The minimum Gasteiger partial charge on any atom is -0.443 e. The third-order valence-electron chi connectivity index (χ3n) is 8.71. The Hall–Kier alpha value is -3.08. The average Bonchev–Trinajstić information content (AvgIpc) is 3.29. The van der Waals surface area contributed by atoms with Crippen LogP contribution < -0.4 is 21.3 Å². The molecule has 3 amide bonds. The molecular weight excluding hydrogens is 488 g/mol. The van der Waals surface area contributed by atoms with Gasteiger partial charge in [-0.3, -0.25) is 9.59 Å². The van der Waals surface area contributed by atoms with Crippen molar-refractivity contribution in [3.05, 3.63) is 17.8 Å². The summed E-state index contributed by atoms with van der Waals surface area (Å²) in [6.45, 7) is 8.56. The second-order valence-corrected chi connectivity index (χ2v) is 11.9. The van der Waals surface area contributed by atoms with E-state index in [0.29, 0.717) is 50.1 Å². The Kier molecular flexibility index (Phi) is 7.15. The van der Waals surface area contributed by atoms with Gasteiger partial charge in [0.2, 0.25) is 5.91 Å². The molecule has 11 heteroatoms. The molecule has 11 nitrogen and oxygen atoms in total. The van der Waals surface area contributed by atoms with Gasteiger partial charge in [-0.1, -0.05) is 6.08 Å². The van der Waals surface area contributed by atoms with Crippen molar-refractivity contribution in [3.8, 4) is 0 Å². The zero-order chi connectivity index (χ0) is 27.1. The highest BCUT2D eigenvalue weighted by molar-refractivity contribution is 5.99. The second-order valence-electron chi connectivity index (χ2n) is 11.9. The minimum atomic E-state index is -0.740. The lowest BCUT2D eigenvalue weighted by molar-refractivity contribution is -0.137. The number of hydrogen-bond donors (Lipinski definition) is 3. The molecule has 4 bridgehead atoms. The van der Waals surface area contributed by atoms with E-state index >= 15 is 0 Å². The largest absolute Gasteiger partial charge is 0.443 e. The average molecular weight is 529 g/mol. The van der Waals surface area contributed by atoms with Crippen LogP contribution in [0.25, 0.3) is 6.20 Å². The summed E-state index contributed by atoms with van der Waals surface area (Å²) >= 11 is 0. The first-order chi connectivity index (χ1) is 18.1. The molecule has 0 radical (unpaired) electrons. The number of rotatable bonds is 8. The van der Waals surface area contributed by atoms with Crippen molar-refractivity contribution in [3.63, 3.8) is 0 Å². The van der Waals surface area contributed by atoms with Crippen LogP contribution in [0.5, 0.6) is 0 Å². The normalized spacial score (nSPS) is 30.4.